The molecule has 1 fully saturated rings. The molecule has 1 atom stereocenters. The predicted octanol–water partition coefficient (Wildman–Crippen LogP) is 2.14. The zero-order chi connectivity index (χ0) is 18.6. The van der Waals surface area contributed by atoms with Gasteiger partial charge in [-0.15, -0.1) is 0 Å². The third-order valence-electron chi connectivity index (χ3n) is 4.69. The maximum atomic E-state index is 12.8. The van der Waals surface area contributed by atoms with Crippen molar-refractivity contribution < 1.29 is 9.53 Å². The molecule has 1 aliphatic rings. The molecule has 27 heavy (non-hydrogen) atoms. The van der Waals surface area contributed by atoms with Crippen LogP contribution < -0.4 is 5.56 Å². The van der Waals surface area contributed by atoms with E-state index < -0.39 is 0 Å². The fraction of sp³-hybridized carbons (Fsp3) is 0.300. The van der Waals surface area contributed by atoms with Gasteiger partial charge in [-0.25, -0.2) is 4.98 Å². The molecule has 2 aromatic heterocycles. The Morgan fingerprint density at radius 3 is 3.00 bits per heavy atom. The van der Waals surface area contributed by atoms with Gasteiger partial charge in [-0.3, -0.25) is 14.6 Å². The second-order valence-electron chi connectivity index (χ2n) is 6.62. The minimum absolute atomic E-state index is 0.0462. The van der Waals surface area contributed by atoms with E-state index in [0.29, 0.717) is 30.6 Å². The summed E-state index contributed by atoms with van der Waals surface area (Å²) in [5.74, 6) is -0.195. The third-order valence-corrected chi connectivity index (χ3v) is 4.69. The van der Waals surface area contributed by atoms with Gasteiger partial charge in [-0.2, -0.15) is 0 Å². The van der Waals surface area contributed by atoms with Crippen LogP contribution in [0.15, 0.2) is 53.6 Å². The molecule has 7 nitrogen and oxygen atoms in total. The molecule has 1 N–H and O–H groups in total. The Hall–Kier alpha value is -3.06. The molecule has 0 unspecified atom stereocenters. The Balaban J connectivity index is 1.46. The molecule has 0 radical (unpaired) electrons. The van der Waals surface area contributed by atoms with Gasteiger partial charge in [0.15, 0.2) is 5.82 Å². The predicted molar refractivity (Wildman–Crippen MR) is 100 cm³/mol. The highest BCUT2D eigenvalue weighted by atomic mass is 16.5. The molecular formula is C20H20N4O3. The number of aromatic amines is 1. The van der Waals surface area contributed by atoms with E-state index in [-0.39, 0.29) is 23.4 Å². The molecule has 0 bridgehead atoms. The first-order valence-electron chi connectivity index (χ1n) is 8.99. The van der Waals surface area contributed by atoms with Crippen LogP contribution in [0.25, 0.3) is 10.9 Å². The molecule has 0 saturated carbocycles. The number of fused-ring (bicyclic) bond motifs is 1. The smallest absolute Gasteiger partial charge is 0.289 e. The fourth-order valence-electron chi connectivity index (χ4n) is 3.29. The van der Waals surface area contributed by atoms with Gasteiger partial charge in [0.2, 0.25) is 0 Å². The molecule has 1 aliphatic heterocycles. The molecule has 138 valence electrons. The fourth-order valence-corrected chi connectivity index (χ4v) is 3.29. The Morgan fingerprint density at radius 2 is 2.15 bits per heavy atom. The summed E-state index contributed by atoms with van der Waals surface area (Å²) in [6.45, 7) is 1.57. The third kappa shape index (κ3) is 3.88. The van der Waals surface area contributed by atoms with Gasteiger partial charge in [0.25, 0.3) is 11.5 Å². The molecule has 3 aromatic rings. The van der Waals surface area contributed by atoms with Crippen molar-refractivity contribution in [2.45, 2.75) is 25.6 Å². The van der Waals surface area contributed by atoms with E-state index in [2.05, 4.69) is 15.0 Å². The van der Waals surface area contributed by atoms with Crippen LogP contribution in [0.5, 0.6) is 0 Å². The molecule has 4 rings (SSSR count). The first-order chi connectivity index (χ1) is 13.2. The quantitative estimate of drug-likeness (QED) is 0.766. The zero-order valence-corrected chi connectivity index (χ0v) is 14.8. The van der Waals surface area contributed by atoms with Crippen molar-refractivity contribution in [1.29, 1.82) is 0 Å². The Kier molecular flexibility index (Phi) is 4.93. The summed E-state index contributed by atoms with van der Waals surface area (Å²) >= 11 is 0. The van der Waals surface area contributed by atoms with Crippen molar-refractivity contribution in [2.75, 3.05) is 13.1 Å². The van der Waals surface area contributed by atoms with Gasteiger partial charge in [0, 0.05) is 25.5 Å². The summed E-state index contributed by atoms with van der Waals surface area (Å²) in [5, 5.41) is 0.477. The first kappa shape index (κ1) is 17.4. The van der Waals surface area contributed by atoms with Crippen molar-refractivity contribution in [3.05, 3.63) is 70.5 Å². The number of nitrogens with one attached hydrogen (secondary N) is 1. The summed E-state index contributed by atoms with van der Waals surface area (Å²) < 4.78 is 5.95. The van der Waals surface area contributed by atoms with Gasteiger partial charge in [0.05, 0.1) is 23.6 Å². The van der Waals surface area contributed by atoms with E-state index in [0.717, 1.165) is 18.4 Å². The van der Waals surface area contributed by atoms with Gasteiger partial charge in [0.1, 0.15) is 0 Å². The monoisotopic (exact) mass is 364 g/mol. The standard InChI is InChI=1S/C20H20N4O3/c25-19-16-7-1-2-8-17(16)22-18(23-19)20(26)24-10-4-6-15(12-24)27-13-14-5-3-9-21-11-14/h1-3,5,7-9,11,15H,4,6,10,12-13H2,(H,22,23,25)/t15-/m0/s1. The molecule has 1 amide bonds. The molecule has 3 heterocycles. The maximum Gasteiger partial charge on any atom is 0.289 e. The number of pyridine rings is 1. The number of rotatable bonds is 4. The van der Waals surface area contributed by atoms with Crippen LogP contribution in [-0.4, -0.2) is 45.0 Å². The number of likely N-dealkylation sites (tertiary alicyclic amines) is 1. The number of H-pyrrole nitrogens is 1. The van der Waals surface area contributed by atoms with E-state index in [1.165, 1.54) is 0 Å². The number of hydrogen-bond donors (Lipinski definition) is 1. The van der Waals surface area contributed by atoms with E-state index in [1.54, 1.807) is 41.6 Å². The lowest BCUT2D eigenvalue weighted by atomic mass is 10.1. The van der Waals surface area contributed by atoms with Crippen molar-refractivity contribution in [3.63, 3.8) is 0 Å². The van der Waals surface area contributed by atoms with Crippen LogP contribution in [0.3, 0.4) is 0 Å². The Morgan fingerprint density at radius 1 is 1.26 bits per heavy atom. The number of piperidine rings is 1. The summed E-state index contributed by atoms with van der Waals surface area (Å²) in [5.41, 5.74) is 1.22. The summed E-state index contributed by atoms with van der Waals surface area (Å²) in [6.07, 6.45) is 5.19. The number of hydrogen-bond acceptors (Lipinski definition) is 5. The van der Waals surface area contributed by atoms with Gasteiger partial charge < -0.3 is 14.6 Å². The summed E-state index contributed by atoms with van der Waals surface area (Å²) in [4.78, 5) is 37.8. The van der Waals surface area contributed by atoms with Crippen LogP contribution in [0, 0.1) is 0 Å². The first-order valence-corrected chi connectivity index (χ1v) is 8.99. The van der Waals surface area contributed by atoms with Crippen LogP contribution in [-0.2, 0) is 11.3 Å². The Labute approximate surface area is 156 Å². The largest absolute Gasteiger partial charge is 0.372 e. The number of nitrogens with zero attached hydrogens (tertiary/aromatic N) is 3. The van der Waals surface area contributed by atoms with Crippen molar-refractivity contribution in [1.82, 2.24) is 19.9 Å². The van der Waals surface area contributed by atoms with Crippen LogP contribution >= 0.6 is 0 Å². The lowest BCUT2D eigenvalue weighted by Gasteiger charge is -2.32. The average molecular weight is 364 g/mol. The summed E-state index contributed by atoms with van der Waals surface area (Å²) in [6, 6.07) is 10.8. The molecule has 1 saturated heterocycles. The van der Waals surface area contributed by atoms with Crippen molar-refractivity contribution >= 4 is 16.8 Å². The Bertz CT molecular complexity index is 1000. The normalized spacial score (nSPS) is 17.2. The second-order valence-corrected chi connectivity index (χ2v) is 6.62. The van der Waals surface area contributed by atoms with Gasteiger partial charge >= 0.3 is 0 Å². The number of para-hydroxylation sites is 1. The number of aromatic nitrogens is 3. The van der Waals surface area contributed by atoms with Gasteiger partial charge in [-0.1, -0.05) is 18.2 Å². The number of carbonyl (C=O) groups excluding carboxylic acids is 1. The highest BCUT2D eigenvalue weighted by Gasteiger charge is 2.26. The molecular weight excluding hydrogens is 344 g/mol. The van der Waals surface area contributed by atoms with Crippen LogP contribution in [0.1, 0.15) is 29.0 Å². The lowest BCUT2D eigenvalue weighted by molar-refractivity contribution is -0.00714. The van der Waals surface area contributed by atoms with E-state index in [4.69, 9.17) is 4.74 Å². The van der Waals surface area contributed by atoms with E-state index in [1.807, 2.05) is 12.1 Å². The maximum absolute atomic E-state index is 12.8. The van der Waals surface area contributed by atoms with Crippen LogP contribution in [0.2, 0.25) is 0 Å². The summed E-state index contributed by atoms with van der Waals surface area (Å²) in [7, 11) is 0. The average Bonchev–Trinajstić information content (AvgIpc) is 2.73. The second kappa shape index (κ2) is 7.67. The molecule has 0 spiro atoms. The number of ether oxygens (including phenoxy) is 1. The van der Waals surface area contributed by atoms with E-state index in [9.17, 15) is 9.59 Å². The minimum Gasteiger partial charge on any atom is -0.372 e. The zero-order valence-electron chi connectivity index (χ0n) is 14.8. The number of amides is 1. The highest BCUT2D eigenvalue weighted by Crippen LogP contribution is 2.17. The molecule has 0 aliphatic carbocycles. The topological polar surface area (TPSA) is 88.2 Å². The number of carbonyl (C=O) groups is 1. The number of benzene rings is 1. The lowest BCUT2D eigenvalue weighted by Crippen LogP contribution is -2.44. The minimum atomic E-state index is -0.301. The van der Waals surface area contributed by atoms with E-state index >= 15 is 0 Å². The van der Waals surface area contributed by atoms with Crippen molar-refractivity contribution in [2.24, 2.45) is 0 Å². The molecule has 7 heteroatoms. The van der Waals surface area contributed by atoms with Gasteiger partial charge in [-0.05, 0) is 36.6 Å². The van der Waals surface area contributed by atoms with Crippen molar-refractivity contribution in [3.8, 4) is 0 Å². The molecule has 1 aromatic carbocycles. The highest BCUT2D eigenvalue weighted by molar-refractivity contribution is 5.92. The van der Waals surface area contributed by atoms with Crippen LogP contribution in [0.4, 0.5) is 0 Å². The SMILES string of the molecule is O=C(c1nc2ccccc2c(=O)[nH]1)N1CCC[C@H](OCc2cccnc2)C1.